The Balaban J connectivity index is 1.59. The van der Waals surface area contributed by atoms with Crippen LogP contribution >= 0.6 is 0 Å². The summed E-state index contributed by atoms with van der Waals surface area (Å²) in [6.07, 6.45) is 11.0. The lowest BCUT2D eigenvalue weighted by Gasteiger charge is -2.34. The second-order valence-electron chi connectivity index (χ2n) is 13.7. The van der Waals surface area contributed by atoms with E-state index in [0.29, 0.717) is 37.0 Å². The largest absolute Gasteiger partial charge is 0.444 e. The van der Waals surface area contributed by atoms with Gasteiger partial charge in [-0.3, -0.25) is 9.58 Å². The van der Waals surface area contributed by atoms with Crippen molar-refractivity contribution in [2.75, 3.05) is 24.5 Å². The molecule has 2 fully saturated rings. The fraction of sp³-hybridized carbons (Fsp3) is 0.645. The number of nitrogens with zero attached hydrogens (tertiary/aromatic N) is 7. The van der Waals surface area contributed by atoms with Gasteiger partial charge in [-0.1, -0.05) is 12.8 Å². The third-order valence-corrected chi connectivity index (χ3v) is 7.79. The van der Waals surface area contributed by atoms with Gasteiger partial charge in [0.25, 0.3) is 0 Å². The molecule has 1 saturated heterocycles. The number of piperidine rings is 1. The molecule has 0 aromatic carbocycles. The highest BCUT2D eigenvalue weighted by Crippen LogP contribution is 2.35. The van der Waals surface area contributed by atoms with Crippen LogP contribution < -0.4 is 4.90 Å². The molecule has 228 valence electrons. The predicted octanol–water partition coefficient (Wildman–Crippen LogP) is 6.18. The van der Waals surface area contributed by atoms with E-state index in [1.54, 1.807) is 31.4 Å². The predicted molar refractivity (Wildman–Crippen MR) is 161 cm³/mol. The molecule has 11 heteroatoms. The van der Waals surface area contributed by atoms with Crippen molar-refractivity contribution < 1.29 is 19.1 Å². The summed E-state index contributed by atoms with van der Waals surface area (Å²) < 4.78 is 15.1. The Morgan fingerprint density at radius 3 is 2.33 bits per heavy atom. The van der Waals surface area contributed by atoms with Crippen LogP contribution in [0.1, 0.15) is 91.7 Å². The number of hydrogen-bond donors (Lipinski definition) is 0. The van der Waals surface area contributed by atoms with E-state index in [1.807, 2.05) is 60.9 Å². The van der Waals surface area contributed by atoms with Crippen LogP contribution in [0.4, 0.5) is 15.4 Å². The van der Waals surface area contributed by atoms with E-state index >= 15 is 0 Å². The van der Waals surface area contributed by atoms with E-state index in [1.165, 1.54) is 12.8 Å². The van der Waals surface area contributed by atoms with E-state index in [4.69, 9.17) is 19.6 Å². The van der Waals surface area contributed by atoms with Gasteiger partial charge in [0.1, 0.15) is 17.0 Å². The Bertz CT molecular complexity index is 1430. The summed E-state index contributed by atoms with van der Waals surface area (Å²) in [7, 11) is 1.87. The Hall–Kier alpha value is -3.63. The van der Waals surface area contributed by atoms with E-state index < -0.39 is 17.3 Å². The molecule has 2 amide bonds. The summed E-state index contributed by atoms with van der Waals surface area (Å²) in [4.78, 5) is 35.4. The van der Waals surface area contributed by atoms with Crippen LogP contribution in [-0.2, 0) is 16.5 Å². The van der Waals surface area contributed by atoms with Crippen LogP contribution in [-0.4, -0.2) is 72.3 Å². The zero-order valence-corrected chi connectivity index (χ0v) is 26.1. The highest BCUT2D eigenvalue weighted by atomic mass is 16.6. The number of likely N-dealkylation sites (tertiary alicyclic amines) is 1. The first kappa shape index (κ1) is 29.8. The number of amides is 2. The smallest absolute Gasteiger partial charge is 0.416 e. The van der Waals surface area contributed by atoms with Gasteiger partial charge in [0.15, 0.2) is 5.65 Å². The SMILES string of the molecule is Cn1cc(-c2cnn3c(N(CC4CCCC4)C(=O)OC(C)(C)C)cc(C4CCCN(C(=O)OC(C)(C)C)C4)nc23)cn1. The Labute approximate surface area is 248 Å². The highest BCUT2D eigenvalue weighted by Gasteiger charge is 2.33. The van der Waals surface area contributed by atoms with E-state index in [2.05, 4.69) is 5.10 Å². The number of aryl methyl sites for hydroxylation is 1. The van der Waals surface area contributed by atoms with Gasteiger partial charge in [-0.2, -0.15) is 14.7 Å². The van der Waals surface area contributed by atoms with Gasteiger partial charge in [0.2, 0.25) is 0 Å². The molecule has 0 radical (unpaired) electrons. The van der Waals surface area contributed by atoms with Crippen molar-refractivity contribution in [2.24, 2.45) is 13.0 Å². The molecule has 1 aliphatic heterocycles. The summed E-state index contributed by atoms with van der Waals surface area (Å²) in [5.41, 5.74) is 1.96. The zero-order valence-electron chi connectivity index (χ0n) is 26.1. The number of ether oxygens (including phenoxy) is 2. The number of rotatable bonds is 5. The Morgan fingerprint density at radius 2 is 1.69 bits per heavy atom. The van der Waals surface area contributed by atoms with Crippen LogP contribution in [0.5, 0.6) is 0 Å². The minimum Gasteiger partial charge on any atom is -0.444 e. The van der Waals surface area contributed by atoms with Crippen molar-refractivity contribution >= 4 is 23.7 Å². The summed E-state index contributed by atoms with van der Waals surface area (Å²) >= 11 is 0. The molecular formula is C31H45N7O4. The number of aromatic nitrogens is 5. The van der Waals surface area contributed by atoms with Crippen LogP contribution in [0, 0.1) is 5.92 Å². The lowest BCUT2D eigenvalue weighted by molar-refractivity contribution is 0.0197. The van der Waals surface area contributed by atoms with Gasteiger partial charge < -0.3 is 14.4 Å². The van der Waals surface area contributed by atoms with Crippen molar-refractivity contribution in [3.63, 3.8) is 0 Å². The quantitative estimate of drug-likeness (QED) is 0.355. The number of carbonyl (C=O) groups excluding carboxylic acids is 2. The minimum atomic E-state index is -0.651. The molecule has 42 heavy (non-hydrogen) atoms. The molecule has 1 unspecified atom stereocenters. The van der Waals surface area contributed by atoms with Gasteiger partial charge in [-0.15, -0.1) is 0 Å². The fourth-order valence-electron chi connectivity index (χ4n) is 5.87. The lowest BCUT2D eigenvalue weighted by Crippen LogP contribution is -2.42. The van der Waals surface area contributed by atoms with E-state index in [-0.39, 0.29) is 12.0 Å². The average molecular weight is 580 g/mol. The molecule has 0 bridgehead atoms. The normalized spacial score (nSPS) is 18.5. The molecule has 3 aromatic heterocycles. The van der Waals surface area contributed by atoms with Gasteiger partial charge >= 0.3 is 12.2 Å². The van der Waals surface area contributed by atoms with Crippen molar-refractivity contribution in [3.05, 3.63) is 30.4 Å². The van der Waals surface area contributed by atoms with Crippen LogP contribution in [0.25, 0.3) is 16.8 Å². The maximum Gasteiger partial charge on any atom is 0.416 e. The second-order valence-corrected chi connectivity index (χ2v) is 13.7. The number of fused-ring (bicyclic) bond motifs is 1. The Morgan fingerprint density at radius 1 is 0.976 bits per heavy atom. The topological polar surface area (TPSA) is 107 Å². The summed E-state index contributed by atoms with van der Waals surface area (Å²) in [5.74, 6) is 0.981. The minimum absolute atomic E-state index is 0.0290. The van der Waals surface area contributed by atoms with Gasteiger partial charge in [0, 0.05) is 56.0 Å². The molecule has 0 spiro atoms. The fourth-order valence-corrected chi connectivity index (χ4v) is 5.87. The molecular weight excluding hydrogens is 534 g/mol. The lowest BCUT2D eigenvalue weighted by atomic mass is 9.94. The van der Waals surface area contributed by atoms with Gasteiger partial charge in [-0.05, 0) is 73.1 Å². The highest BCUT2D eigenvalue weighted by molar-refractivity contribution is 5.88. The van der Waals surface area contributed by atoms with Crippen LogP contribution in [0.2, 0.25) is 0 Å². The monoisotopic (exact) mass is 579 g/mol. The molecule has 1 saturated carbocycles. The molecule has 1 atom stereocenters. The summed E-state index contributed by atoms with van der Waals surface area (Å²) in [6.45, 7) is 13.0. The van der Waals surface area contributed by atoms with Gasteiger partial charge in [-0.25, -0.2) is 14.6 Å². The van der Waals surface area contributed by atoms with Crippen molar-refractivity contribution in [1.29, 1.82) is 0 Å². The molecule has 11 nitrogen and oxygen atoms in total. The maximum absolute atomic E-state index is 13.8. The standard InChI is InChI=1S/C31H45N7O4/c1-30(2,3)41-28(39)36-14-10-13-22(20-36)25-15-26(37(18-21-11-8-9-12-21)29(40)42-31(4,5)6)38-27(34-25)24(17-33-38)23-16-32-35(7)19-23/h15-17,19,21-22H,8-14,18,20H2,1-7H3. The molecule has 1 aliphatic carbocycles. The first-order valence-corrected chi connectivity index (χ1v) is 15.1. The van der Waals surface area contributed by atoms with Crippen molar-refractivity contribution in [3.8, 4) is 11.1 Å². The first-order valence-electron chi connectivity index (χ1n) is 15.1. The van der Waals surface area contributed by atoms with E-state index in [0.717, 1.165) is 42.5 Å². The Kier molecular flexibility index (Phi) is 8.22. The van der Waals surface area contributed by atoms with Crippen LogP contribution in [0.3, 0.4) is 0 Å². The number of carbonyl (C=O) groups is 2. The zero-order chi connectivity index (χ0) is 30.2. The molecule has 0 N–H and O–H groups in total. The number of anilines is 1. The summed E-state index contributed by atoms with van der Waals surface area (Å²) in [6, 6.07) is 1.97. The molecule has 2 aliphatic rings. The second kappa shape index (κ2) is 11.6. The third-order valence-electron chi connectivity index (χ3n) is 7.79. The van der Waals surface area contributed by atoms with Crippen molar-refractivity contribution in [1.82, 2.24) is 29.3 Å². The summed E-state index contributed by atoms with van der Waals surface area (Å²) in [5, 5.41) is 9.09. The number of hydrogen-bond acceptors (Lipinski definition) is 7. The molecule has 5 rings (SSSR count). The first-order chi connectivity index (χ1) is 19.8. The average Bonchev–Trinajstić information content (AvgIpc) is 3.66. The van der Waals surface area contributed by atoms with E-state index in [9.17, 15) is 9.59 Å². The molecule has 3 aromatic rings. The van der Waals surface area contributed by atoms with Crippen molar-refractivity contribution in [2.45, 2.75) is 97.2 Å². The third kappa shape index (κ3) is 6.87. The maximum atomic E-state index is 13.8. The van der Waals surface area contributed by atoms with Gasteiger partial charge in [0.05, 0.1) is 18.1 Å². The molecule has 4 heterocycles. The van der Waals surface area contributed by atoms with Crippen LogP contribution in [0.15, 0.2) is 24.7 Å².